The third-order valence-electron chi connectivity index (χ3n) is 5.01. The zero-order chi connectivity index (χ0) is 20.7. The Morgan fingerprint density at radius 3 is 2.67 bits per heavy atom. The topological polar surface area (TPSA) is 51.1 Å². The molecule has 0 N–H and O–H groups in total. The van der Waals surface area contributed by atoms with Crippen molar-refractivity contribution in [3.8, 4) is 11.5 Å². The van der Waals surface area contributed by atoms with Gasteiger partial charge in [-0.3, -0.25) is 4.79 Å². The van der Waals surface area contributed by atoms with E-state index in [1.165, 1.54) is 28.9 Å². The molecule has 0 radical (unpaired) electrons. The van der Waals surface area contributed by atoms with Crippen LogP contribution in [0, 0.1) is 12.7 Å². The molecule has 30 heavy (non-hydrogen) atoms. The normalized spacial score (nSPS) is 17.2. The van der Waals surface area contributed by atoms with Gasteiger partial charge in [0.25, 0.3) is 5.91 Å². The number of ether oxygens (including phenoxy) is 2. The molecule has 0 aromatic heterocycles. The van der Waals surface area contributed by atoms with Gasteiger partial charge in [-0.2, -0.15) is 5.10 Å². The number of thioether (sulfide) groups is 1. The number of benzene rings is 3. The molecular formula is C23H17FN2O3S. The van der Waals surface area contributed by atoms with Gasteiger partial charge in [-0.25, -0.2) is 9.40 Å². The van der Waals surface area contributed by atoms with Crippen LogP contribution >= 0.6 is 11.8 Å². The first kappa shape index (κ1) is 18.7. The van der Waals surface area contributed by atoms with Gasteiger partial charge in [0.05, 0.1) is 0 Å². The molecule has 2 heterocycles. The van der Waals surface area contributed by atoms with Crippen molar-refractivity contribution < 1.29 is 18.7 Å². The lowest BCUT2D eigenvalue weighted by Gasteiger charge is -2.22. The van der Waals surface area contributed by atoms with Crippen molar-refractivity contribution in [3.05, 3.63) is 94.8 Å². The average molecular weight is 420 g/mol. The highest BCUT2D eigenvalue weighted by Gasteiger charge is 2.38. The minimum atomic E-state index is -0.436. The monoisotopic (exact) mass is 420 g/mol. The minimum absolute atomic E-state index is 0.140. The minimum Gasteiger partial charge on any atom is -0.454 e. The number of hydrazone groups is 1. The molecule has 0 spiro atoms. The summed E-state index contributed by atoms with van der Waals surface area (Å²) in [6.07, 6.45) is 0. The first-order valence-electron chi connectivity index (χ1n) is 9.41. The van der Waals surface area contributed by atoms with E-state index in [0.29, 0.717) is 22.1 Å². The molecule has 5 nitrogen and oxygen atoms in total. The van der Waals surface area contributed by atoms with Gasteiger partial charge in [0, 0.05) is 16.7 Å². The third-order valence-corrected chi connectivity index (χ3v) is 6.23. The zero-order valence-corrected chi connectivity index (χ0v) is 16.9. The number of carbonyl (C=O) groups is 1. The van der Waals surface area contributed by atoms with Gasteiger partial charge in [-0.05, 0) is 48.9 Å². The summed E-state index contributed by atoms with van der Waals surface area (Å²) in [5, 5.41) is 6.31. The van der Waals surface area contributed by atoms with Gasteiger partial charge < -0.3 is 9.47 Å². The van der Waals surface area contributed by atoms with Crippen molar-refractivity contribution in [3.63, 3.8) is 0 Å². The van der Waals surface area contributed by atoms with Crippen molar-refractivity contribution in [2.75, 3.05) is 6.79 Å². The van der Waals surface area contributed by atoms with Crippen LogP contribution in [0.25, 0.3) is 0 Å². The van der Waals surface area contributed by atoms with E-state index in [-0.39, 0.29) is 18.5 Å². The number of carbonyl (C=O) groups excluding carboxylic acids is 1. The van der Waals surface area contributed by atoms with Crippen molar-refractivity contribution >= 4 is 22.7 Å². The lowest BCUT2D eigenvalue weighted by Crippen LogP contribution is -2.26. The first-order chi connectivity index (χ1) is 14.6. The van der Waals surface area contributed by atoms with Crippen LogP contribution in [0.1, 0.15) is 32.4 Å². The summed E-state index contributed by atoms with van der Waals surface area (Å²) in [6.45, 7) is 2.04. The van der Waals surface area contributed by atoms with Crippen LogP contribution in [-0.2, 0) is 0 Å². The summed E-state index contributed by atoms with van der Waals surface area (Å²) in [6, 6.07) is 19.1. The lowest BCUT2D eigenvalue weighted by atomic mass is 10.1. The Labute approximate surface area is 177 Å². The SMILES string of the molecule is Cc1ccccc1C(=O)N1N=C(c2ccc(F)cc2)SC1c1cccc2c1OCO2. The molecule has 0 saturated heterocycles. The number of para-hydroxylation sites is 1. The molecule has 1 atom stereocenters. The average Bonchev–Trinajstić information content (AvgIpc) is 3.41. The van der Waals surface area contributed by atoms with Crippen molar-refractivity contribution in [2.45, 2.75) is 12.3 Å². The van der Waals surface area contributed by atoms with Gasteiger partial charge in [0.2, 0.25) is 6.79 Å². The molecule has 3 aromatic rings. The molecule has 1 unspecified atom stereocenters. The van der Waals surface area contributed by atoms with E-state index in [9.17, 15) is 9.18 Å². The zero-order valence-electron chi connectivity index (χ0n) is 16.0. The highest BCUT2D eigenvalue weighted by molar-refractivity contribution is 8.14. The summed E-state index contributed by atoms with van der Waals surface area (Å²) in [5.41, 5.74) is 3.00. The van der Waals surface area contributed by atoms with E-state index >= 15 is 0 Å². The number of halogens is 1. The quantitative estimate of drug-likeness (QED) is 0.591. The first-order valence-corrected chi connectivity index (χ1v) is 10.3. The lowest BCUT2D eigenvalue weighted by molar-refractivity contribution is 0.0747. The smallest absolute Gasteiger partial charge is 0.275 e. The molecular weight excluding hydrogens is 403 g/mol. The summed E-state index contributed by atoms with van der Waals surface area (Å²) in [7, 11) is 0. The largest absolute Gasteiger partial charge is 0.454 e. The molecule has 1 amide bonds. The van der Waals surface area contributed by atoms with E-state index < -0.39 is 5.37 Å². The number of nitrogens with zero attached hydrogens (tertiary/aromatic N) is 2. The van der Waals surface area contributed by atoms with Crippen LogP contribution < -0.4 is 9.47 Å². The molecule has 0 saturated carbocycles. The fraction of sp³-hybridized carbons (Fsp3) is 0.130. The molecule has 0 bridgehead atoms. The van der Waals surface area contributed by atoms with Gasteiger partial charge in [-0.15, -0.1) is 0 Å². The van der Waals surface area contributed by atoms with Gasteiger partial charge in [-0.1, -0.05) is 42.1 Å². The fourth-order valence-corrected chi connectivity index (χ4v) is 4.65. The number of fused-ring (bicyclic) bond motifs is 1. The highest BCUT2D eigenvalue weighted by Crippen LogP contribution is 2.48. The summed E-state index contributed by atoms with van der Waals surface area (Å²) < 4.78 is 24.6. The summed E-state index contributed by atoms with van der Waals surface area (Å²) in [5.74, 6) is 0.733. The van der Waals surface area contributed by atoms with E-state index in [4.69, 9.17) is 9.47 Å². The Morgan fingerprint density at radius 2 is 1.87 bits per heavy atom. The Kier molecular flexibility index (Phi) is 4.67. The third kappa shape index (κ3) is 3.21. The molecule has 3 aromatic carbocycles. The van der Waals surface area contributed by atoms with Crippen LogP contribution in [0.3, 0.4) is 0 Å². The predicted molar refractivity (Wildman–Crippen MR) is 113 cm³/mol. The van der Waals surface area contributed by atoms with E-state index in [1.54, 1.807) is 18.2 Å². The summed E-state index contributed by atoms with van der Waals surface area (Å²) >= 11 is 1.42. The molecule has 2 aliphatic heterocycles. The summed E-state index contributed by atoms with van der Waals surface area (Å²) in [4.78, 5) is 13.5. The molecule has 0 fully saturated rings. The van der Waals surface area contributed by atoms with Gasteiger partial charge >= 0.3 is 0 Å². The number of hydrogen-bond acceptors (Lipinski definition) is 5. The van der Waals surface area contributed by atoms with Crippen molar-refractivity contribution in [1.82, 2.24) is 5.01 Å². The van der Waals surface area contributed by atoms with E-state index in [2.05, 4.69) is 5.10 Å². The maximum Gasteiger partial charge on any atom is 0.275 e. The molecule has 2 aliphatic rings. The number of rotatable bonds is 3. The second-order valence-corrected chi connectivity index (χ2v) is 8.00. The Morgan fingerprint density at radius 1 is 1.07 bits per heavy atom. The Balaban J connectivity index is 1.59. The van der Waals surface area contributed by atoms with E-state index in [1.807, 2.05) is 43.3 Å². The maximum absolute atomic E-state index is 13.5. The van der Waals surface area contributed by atoms with Gasteiger partial charge in [0.1, 0.15) is 16.2 Å². The highest BCUT2D eigenvalue weighted by atomic mass is 32.2. The molecule has 150 valence electrons. The van der Waals surface area contributed by atoms with Crippen LogP contribution in [-0.4, -0.2) is 22.8 Å². The second kappa shape index (κ2) is 7.50. The molecule has 5 rings (SSSR count). The van der Waals surface area contributed by atoms with Crippen LogP contribution in [0.15, 0.2) is 71.8 Å². The fourth-order valence-electron chi connectivity index (χ4n) is 3.48. The van der Waals surface area contributed by atoms with Crippen LogP contribution in [0.5, 0.6) is 11.5 Å². The second-order valence-electron chi connectivity index (χ2n) is 6.93. The maximum atomic E-state index is 13.5. The van der Waals surface area contributed by atoms with Crippen molar-refractivity contribution in [1.29, 1.82) is 0 Å². The van der Waals surface area contributed by atoms with Crippen molar-refractivity contribution in [2.24, 2.45) is 5.10 Å². The molecule has 7 heteroatoms. The predicted octanol–water partition coefficient (Wildman–Crippen LogP) is 5.11. The standard InChI is InChI=1S/C23H17FN2O3S/c1-14-5-2-3-6-17(14)22(27)26-23(18-7-4-8-19-20(18)29-13-28-19)30-21(25-26)15-9-11-16(24)12-10-15/h2-12,23H,13H2,1H3. The number of amides is 1. The number of aryl methyl sites for hydroxylation is 1. The molecule has 0 aliphatic carbocycles. The Bertz CT molecular complexity index is 1160. The number of hydrogen-bond donors (Lipinski definition) is 0. The Hall–Kier alpha value is -3.32. The van der Waals surface area contributed by atoms with Gasteiger partial charge in [0.15, 0.2) is 11.5 Å². The van der Waals surface area contributed by atoms with Crippen LogP contribution in [0.4, 0.5) is 4.39 Å². The van der Waals surface area contributed by atoms with Crippen LogP contribution in [0.2, 0.25) is 0 Å². The van der Waals surface area contributed by atoms with E-state index in [0.717, 1.165) is 16.7 Å².